The molecule has 0 N–H and O–H groups in total. The van der Waals surface area contributed by atoms with Crippen LogP contribution in [0.5, 0.6) is 0 Å². The van der Waals surface area contributed by atoms with Gasteiger partial charge in [-0.05, 0) is 18.1 Å². The summed E-state index contributed by atoms with van der Waals surface area (Å²) in [6, 6.07) is 10.4. The molecule has 0 amide bonds. The summed E-state index contributed by atoms with van der Waals surface area (Å²) in [4.78, 5) is 0. The molecule has 0 nitrogen and oxygen atoms in total. The van der Waals surface area contributed by atoms with Gasteiger partial charge in [0.25, 0.3) is 0 Å². The highest BCUT2D eigenvalue weighted by molar-refractivity contribution is 6.15. The standard InChI is InChI=1S/C16H20.CH3Cl/c1-13(2)11-12-14(3)16(4,5)15-9-7-6-8-10-15;1-2/h6-12H,1,3H2,2,4-5H3;1H3/b12-11-;. The Morgan fingerprint density at radius 2 is 1.56 bits per heavy atom. The molecule has 0 aromatic heterocycles. The van der Waals surface area contributed by atoms with E-state index in [-0.39, 0.29) is 5.41 Å². The first-order valence-corrected chi connectivity index (χ1v) is 6.66. The van der Waals surface area contributed by atoms with Crippen molar-refractivity contribution in [3.8, 4) is 0 Å². The first-order valence-electron chi connectivity index (χ1n) is 5.91. The summed E-state index contributed by atoms with van der Waals surface area (Å²) >= 11 is 4.64. The van der Waals surface area contributed by atoms with Gasteiger partial charge in [0, 0.05) is 11.8 Å². The largest absolute Gasteiger partial charge is 0.130 e. The van der Waals surface area contributed by atoms with Crippen molar-refractivity contribution in [1.29, 1.82) is 0 Å². The van der Waals surface area contributed by atoms with Crippen LogP contribution in [-0.2, 0) is 5.41 Å². The summed E-state index contributed by atoms with van der Waals surface area (Å²) in [6.07, 6.45) is 5.53. The highest BCUT2D eigenvalue weighted by Gasteiger charge is 2.21. The van der Waals surface area contributed by atoms with E-state index in [2.05, 4.69) is 68.9 Å². The molecule has 0 aliphatic carbocycles. The van der Waals surface area contributed by atoms with Gasteiger partial charge in [0.15, 0.2) is 0 Å². The monoisotopic (exact) mass is 262 g/mol. The van der Waals surface area contributed by atoms with Crippen LogP contribution in [0, 0.1) is 0 Å². The number of rotatable bonds is 4. The maximum absolute atomic E-state index is 4.64. The maximum atomic E-state index is 4.64. The average Bonchev–Trinajstić information content (AvgIpc) is 2.39. The molecular formula is C17H23Cl. The Labute approximate surface area is 117 Å². The van der Waals surface area contributed by atoms with Crippen LogP contribution in [0.15, 0.2) is 66.8 Å². The number of alkyl halides is 1. The van der Waals surface area contributed by atoms with Crippen molar-refractivity contribution >= 4 is 11.6 Å². The lowest BCUT2D eigenvalue weighted by molar-refractivity contribution is 0.641. The van der Waals surface area contributed by atoms with Crippen LogP contribution in [0.3, 0.4) is 0 Å². The fourth-order valence-electron chi connectivity index (χ4n) is 1.49. The van der Waals surface area contributed by atoms with Gasteiger partial charge in [-0.25, -0.2) is 0 Å². The molecule has 1 rings (SSSR count). The molecule has 0 radical (unpaired) electrons. The SMILES string of the molecule is C=C(C)/C=C\C(=C)C(C)(C)c1ccccc1.CCl. The molecule has 0 saturated carbocycles. The highest BCUT2D eigenvalue weighted by atomic mass is 35.5. The van der Waals surface area contributed by atoms with Crippen molar-refractivity contribution in [2.24, 2.45) is 0 Å². The van der Waals surface area contributed by atoms with E-state index in [0.29, 0.717) is 0 Å². The van der Waals surface area contributed by atoms with Crippen molar-refractivity contribution < 1.29 is 0 Å². The second kappa shape index (κ2) is 7.94. The minimum absolute atomic E-state index is 0.0345. The molecule has 0 aliphatic rings. The van der Waals surface area contributed by atoms with Gasteiger partial charge in [-0.1, -0.05) is 75.1 Å². The number of benzene rings is 1. The van der Waals surface area contributed by atoms with Crippen molar-refractivity contribution in [3.05, 3.63) is 72.4 Å². The second-order valence-corrected chi connectivity index (χ2v) is 4.70. The summed E-state index contributed by atoms with van der Waals surface area (Å²) in [5.41, 5.74) is 3.39. The van der Waals surface area contributed by atoms with Crippen LogP contribution in [0.4, 0.5) is 0 Å². The van der Waals surface area contributed by atoms with Crippen molar-refractivity contribution in [1.82, 2.24) is 0 Å². The molecule has 0 spiro atoms. The molecule has 18 heavy (non-hydrogen) atoms. The van der Waals surface area contributed by atoms with E-state index >= 15 is 0 Å². The Morgan fingerprint density at radius 1 is 1.06 bits per heavy atom. The molecule has 1 aromatic rings. The Kier molecular flexibility index (Phi) is 7.38. The Morgan fingerprint density at radius 3 is 2.00 bits per heavy atom. The molecule has 0 aliphatic heterocycles. The van der Waals surface area contributed by atoms with Crippen LogP contribution in [-0.4, -0.2) is 6.38 Å². The lowest BCUT2D eigenvalue weighted by Gasteiger charge is -2.26. The third-order valence-corrected chi connectivity index (χ3v) is 2.87. The molecular weight excluding hydrogens is 240 g/mol. The number of allylic oxidation sites excluding steroid dienone is 4. The summed E-state index contributed by atoms with van der Waals surface area (Å²) < 4.78 is 0. The summed E-state index contributed by atoms with van der Waals surface area (Å²) in [5, 5.41) is 0. The number of hydrogen-bond donors (Lipinski definition) is 0. The van der Waals surface area contributed by atoms with E-state index in [1.54, 1.807) is 0 Å². The topological polar surface area (TPSA) is 0 Å². The van der Waals surface area contributed by atoms with Gasteiger partial charge in [0.1, 0.15) is 0 Å². The Hall–Kier alpha value is -1.27. The predicted molar refractivity (Wildman–Crippen MR) is 84.3 cm³/mol. The van der Waals surface area contributed by atoms with E-state index in [1.165, 1.54) is 11.9 Å². The van der Waals surface area contributed by atoms with Gasteiger partial charge in [-0.2, -0.15) is 0 Å². The van der Waals surface area contributed by atoms with Gasteiger partial charge < -0.3 is 0 Å². The summed E-state index contributed by atoms with van der Waals surface area (Å²) in [7, 11) is 0. The average molecular weight is 263 g/mol. The lowest BCUT2D eigenvalue weighted by atomic mass is 9.78. The second-order valence-electron chi connectivity index (χ2n) is 4.70. The minimum Gasteiger partial charge on any atom is -0.130 e. The number of halogens is 1. The first-order chi connectivity index (χ1) is 8.44. The van der Waals surface area contributed by atoms with Crippen molar-refractivity contribution in [3.63, 3.8) is 0 Å². The van der Waals surface area contributed by atoms with Crippen molar-refractivity contribution in [2.75, 3.05) is 6.38 Å². The Balaban J connectivity index is 0.00000137. The molecule has 0 heterocycles. The quantitative estimate of drug-likeness (QED) is 0.496. The van der Waals surface area contributed by atoms with E-state index in [9.17, 15) is 0 Å². The fourth-order valence-corrected chi connectivity index (χ4v) is 1.49. The zero-order valence-electron chi connectivity index (χ0n) is 11.8. The van der Waals surface area contributed by atoms with Crippen LogP contribution in [0.25, 0.3) is 0 Å². The Bertz CT molecular complexity index is 410. The smallest absolute Gasteiger partial charge is 0.0140 e. The summed E-state index contributed by atoms with van der Waals surface area (Å²) in [6.45, 7) is 14.4. The molecule has 0 bridgehead atoms. The zero-order valence-corrected chi connectivity index (χ0v) is 12.6. The first kappa shape index (κ1) is 16.7. The number of hydrogen-bond acceptors (Lipinski definition) is 0. The molecule has 0 atom stereocenters. The van der Waals surface area contributed by atoms with Gasteiger partial charge in [-0.3, -0.25) is 0 Å². The van der Waals surface area contributed by atoms with Gasteiger partial charge in [0.2, 0.25) is 0 Å². The lowest BCUT2D eigenvalue weighted by Crippen LogP contribution is -2.18. The van der Waals surface area contributed by atoms with Crippen LogP contribution in [0.1, 0.15) is 26.3 Å². The van der Waals surface area contributed by atoms with Gasteiger partial charge in [-0.15, -0.1) is 11.6 Å². The minimum atomic E-state index is -0.0345. The van der Waals surface area contributed by atoms with E-state index in [1.807, 2.05) is 19.1 Å². The van der Waals surface area contributed by atoms with E-state index < -0.39 is 0 Å². The third kappa shape index (κ3) is 4.93. The van der Waals surface area contributed by atoms with E-state index in [0.717, 1.165) is 11.1 Å². The van der Waals surface area contributed by atoms with Crippen LogP contribution < -0.4 is 0 Å². The normalized spacial score (nSPS) is 10.7. The molecule has 1 aromatic carbocycles. The van der Waals surface area contributed by atoms with Crippen LogP contribution >= 0.6 is 11.6 Å². The molecule has 0 fully saturated rings. The third-order valence-electron chi connectivity index (χ3n) is 2.87. The van der Waals surface area contributed by atoms with Crippen molar-refractivity contribution in [2.45, 2.75) is 26.2 Å². The fraction of sp³-hybridized carbons (Fsp3) is 0.294. The summed E-state index contributed by atoms with van der Waals surface area (Å²) in [5.74, 6) is 0. The molecule has 0 unspecified atom stereocenters. The van der Waals surface area contributed by atoms with E-state index in [4.69, 9.17) is 0 Å². The molecule has 1 heteroatoms. The highest BCUT2D eigenvalue weighted by Crippen LogP contribution is 2.30. The predicted octanol–water partition coefficient (Wildman–Crippen LogP) is 5.51. The van der Waals surface area contributed by atoms with Crippen LogP contribution in [0.2, 0.25) is 0 Å². The van der Waals surface area contributed by atoms with Gasteiger partial charge in [0.05, 0.1) is 0 Å². The zero-order chi connectivity index (χ0) is 14.2. The molecule has 98 valence electrons. The molecule has 0 saturated heterocycles. The van der Waals surface area contributed by atoms with Gasteiger partial charge >= 0.3 is 0 Å². The maximum Gasteiger partial charge on any atom is 0.0140 e.